The van der Waals surface area contributed by atoms with E-state index in [2.05, 4.69) is 61.5 Å². The van der Waals surface area contributed by atoms with E-state index in [1.54, 1.807) is 0 Å². The van der Waals surface area contributed by atoms with Crippen molar-refractivity contribution in [3.8, 4) is 0 Å². The second kappa shape index (κ2) is 6.36. The third-order valence-electron chi connectivity index (χ3n) is 3.39. The van der Waals surface area contributed by atoms with E-state index in [0.29, 0.717) is 0 Å². The molecule has 0 heterocycles. The van der Waals surface area contributed by atoms with Gasteiger partial charge in [0.1, 0.15) is 0 Å². The van der Waals surface area contributed by atoms with Crippen LogP contribution in [0.15, 0.2) is 54.6 Å². The highest BCUT2D eigenvalue weighted by molar-refractivity contribution is 5.26. The Morgan fingerprint density at radius 2 is 1.61 bits per heavy atom. The van der Waals surface area contributed by atoms with Crippen molar-refractivity contribution in [1.82, 2.24) is 0 Å². The van der Waals surface area contributed by atoms with Gasteiger partial charge in [0, 0.05) is 6.04 Å². The Morgan fingerprint density at radius 1 is 0.944 bits per heavy atom. The molecule has 2 aromatic rings. The molecule has 0 bridgehead atoms. The standard InChI is InChI=1S/C17H21N/c1-14-7-5-6-10-16(14)13-17(18)12-11-15-8-3-2-4-9-15/h2-10,17H,11-13,18H2,1H3. The molecule has 0 radical (unpaired) electrons. The lowest BCUT2D eigenvalue weighted by Crippen LogP contribution is -2.23. The Hall–Kier alpha value is -1.60. The van der Waals surface area contributed by atoms with Crippen molar-refractivity contribution in [2.75, 3.05) is 0 Å². The SMILES string of the molecule is Cc1ccccc1CC(N)CCc1ccccc1. The van der Waals surface area contributed by atoms with Gasteiger partial charge in [-0.3, -0.25) is 0 Å². The van der Waals surface area contributed by atoms with Gasteiger partial charge in [-0.2, -0.15) is 0 Å². The summed E-state index contributed by atoms with van der Waals surface area (Å²) in [6.07, 6.45) is 3.08. The molecule has 2 N–H and O–H groups in total. The normalized spacial score (nSPS) is 12.3. The first-order chi connectivity index (χ1) is 8.75. The lowest BCUT2D eigenvalue weighted by atomic mass is 9.97. The maximum absolute atomic E-state index is 6.22. The largest absolute Gasteiger partial charge is 0.327 e. The molecule has 0 aliphatic heterocycles. The summed E-state index contributed by atoms with van der Waals surface area (Å²) in [4.78, 5) is 0. The topological polar surface area (TPSA) is 26.0 Å². The average Bonchev–Trinajstić information content (AvgIpc) is 2.40. The van der Waals surface area contributed by atoms with Crippen molar-refractivity contribution in [3.05, 3.63) is 71.3 Å². The van der Waals surface area contributed by atoms with Crippen molar-refractivity contribution < 1.29 is 0 Å². The summed E-state index contributed by atoms with van der Waals surface area (Å²) in [5, 5.41) is 0. The van der Waals surface area contributed by atoms with Gasteiger partial charge >= 0.3 is 0 Å². The first-order valence-electron chi connectivity index (χ1n) is 6.59. The van der Waals surface area contributed by atoms with Crippen molar-refractivity contribution in [2.45, 2.75) is 32.2 Å². The van der Waals surface area contributed by atoms with Crippen LogP contribution in [-0.4, -0.2) is 6.04 Å². The minimum Gasteiger partial charge on any atom is -0.327 e. The molecule has 1 nitrogen and oxygen atoms in total. The molecule has 1 unspecified atom stereocenters. The van der Waals surface area contributed by atoms with Crippen LogP contribution < -0.4 is 5.73 Å². The molecule has 0 aliphatic rings. The molecule has 1 atom stereocenters. The summed E-state index contributed by atoms with van der Waals surface area (Å²) < 4.78 is 0. The molecule has 94 valence electrons. The minimum absolute atomic E-state index is 0.242. The van der Waals surface area contributed by atoms with E-state index in [1.807, 2.05) is 0 Å². The summed E-state index contributed by atoms with van der Waals surface area (Å²) in [5.74, 6) is 0. The second-order valence-electron chi connectivity index (χ2n) is 4.91. The van der Waals surface area contributed by atoms with E-state index >= 15 is 0 Å². The van der Waals surface area contributed by atoms with E-state index in [0.717, 1.165) is 19.3 Å². The summed E-state index contributed by atoms with van der Waals surface area (Å²) in [6, 6.07) is 19.3. The van der Waals surface area contributed by atoms with Crippen LogP contribution >= 0.6 is 0 Å². The molecule has 0 amide bonds. The quantitative estimate of drug-likeness (QED) is 0.849. The third-order valence-corrected chi connectivity index (χ3v) is 3.39. The van der Waals surface area contributed by atoms with Gasteiger partial charge in [0.05, 0.1) is 0 Å². The van der Waals surface area contributed by atoms with Gasteiger partial charge in [0.15, 0.2) is 0 Å². The summed E-state index contributed by atoms with van der Waals surface area (Å²) in [6.45, 7) is 2.15. The highest BCUT2D eigenvalue weighted by Crippen LogP contribution is 2.12. The van der Waals surface area contributed by atoms with Gasteiger partial charge in [-0.1, -0.05) is 54.6 Å². The first kappa shape index (κ1) is 12.8. The summed E-state index contributed by atoms with van der Waals surface area (Å²) >= 11 is 0. The van der Waals surface area contributed by atoms with Crippen LogP contribution in [0.3, 0.4) is 0 Å². The average molecular weight is 239 g/mol. The predicted octanol–water partition coefficient (Wildman–Crippen LogP) is 3.50. The molecule has 2 rings (SSSR count). The van der Waals surface area contributed by atoms with E-state index < -0.39 is 0 Å². The number of hydrogen-bond donors (Lipinski definition) is 1. The number of nitrogens with two attached hydrogens (primary N) is 1. The van der Waals surface area contributed by atoms with Crippen LogP contribution in [0, 0.1) is 6.92 Å². The molecular weight excluding hydrogens is 218 g/mol. The zero-order valence-corrected chi connectivity index (χ0v) is 11.0. The summed E-state index contributed by atoms with van der Waals surface area (Å²) in [7, 11) is 0. The maximum Gasteiger partial charge on any atom is 0.00825 e. The Labute approximate surface area is 110 Å². The Bertz CT molecular complexity index is 476. The Kier molecular flexibility index (Phi) is 4.54. The molecule has 0 aliphatic carbocycles. The zero-order chi connectivity index (χ0) is 12.8. The predicted molar refractivity (Wildman–Crippen MR) is 77.6 cm³/mol. The van der Waals surface area contributed by atoms with Crippen LogP contribution in [0.25, 0.3) is 0 Å². The van der Waals surface area contributed by atoms with Crippen molar-refractivity contribution in [3.63, 3.8) is 0 Å². The fourth-order valence-corrected chi connectivity index (χ4v) is 2.22. The van der Waals surface area contributed by atoms with Gasteiger partial charge in [0.2, 0.25) is 0 Å². The van der Waals surface area contributed by atoms with Crippen LogP contribution in [0.5, 0.6) is 0 Å². The number of hydrogen-bond acceptors (Lipinski definition) is 1. The third kappa shape index (κ3) is 3.71. The van der Waals surface area contributed by atoms with Crippen molar-refractivity contribution in [2.24, 2.45) is 5.73 Å². The number of rotatable bonds is 5. The lowest BCUT2D eigenvalue weighted by molar-refractivity contribution is 0.609. The monoisotopic (exact) mass is 239 g/mol. The van der Waals surface area contributed by atoms with Crippen LogP contribution in [0.4, 0.5) is 0 Å². The summed E-state index contributed by atoms with van der Waals surface area (Å²) in [5.41, 5.74) is 10.3. The fourth-order valence-electron chi connectivity index (χ4n) is 2.22. The highest BCUT2D eigenvalue weighted by atomic mass is 14.6. The molecule has 0 saturated heterocycles. The van der Waals surface area contributed by atoms with Crippen molar-refractivity contribution >= 4 is 0 Å². The van der Waals surface area contributed by atoms with Gasteiger partial charge in [-0.05, 0) is 42.9 Å². The van der Waals surface area contributed by atoms with Gasteiger partial charge < -0.3 is 5.73 Å². The van der Waals surface area contributed by atoms with Gasteiger partial charge in [-0.15, -0.1) is 0 Å². The van der Waals surface area contributed by atoms with Gasteiger partial charge in [0.25, 0.3) is 0 Å². The molecule has 0 saturated carbocycles. The molecule has 0 aromatic heterocycles. The van der Waals surface area contributed by atoms with Crippen LogP contribution in [0.1, 0.15) is 23.1 Å². The molecular formula is C17H21N. The van der Waals surface area contributed by atoms with Crippen LogP contribution in [-0.2, 0) is 12.8 Å². The molecule has 0 fully saturated rings. The van der Waals surface area contributed by atoms with Crippen LogP contribution in [0.2, 0.25) is 0 Å². The molecule has 2 aromatic carbocycles. The zero-order valence-electron chi connectivity index (χ0n) is 11.0. The number of benzene rings is 2. The van der Waals surface area contributed by atoms with Crippen molar-refractivity contribution in [1.29, 1.82) is 0 Å². The maximum atomic E-state index is 6.22. The number of aryl methyl sites for hydroxylation is 2. The second-order valence-corrected chi connectivity index (χ2v) is 4.91. The smallest absolute Gasteiger partial charge is 0.00825 e. The Balaban J connectivity index is 1.86. The fraction of sp³-hybridized carbons (Fsp3) is 0.294. The van der Waals surface area contributed by atoms with E-state index in [4.69, 9.17) is 5.73 Å². The molecule has 0 spiro atoms. The molecule has 18 heavy (non-hydrogen) atoms. The van der Waals surface area contributed by atoms with E-state index in [9.17, 15) is 0 Å². The van der Waals surface area contributed by atoms with E-state index in [1.165, 1.54) is 16.7 Å². The Morgan fingerprint density at radius 3 is 2.33 bits per heavy atom. The highest BCUT2D eigenvalue weighted by Gasteiger charge is 2.06. The first-order valence-corrected chi connectivity index (χ1v) is 6.59. The minimum atomic E-state index is 0.242. The lowest BCUT2D eigenvalue weighted by Gasteiger charge is -2.13. The van der Waals surface area contributed by atoms with E-state index in [-0.39, 0.29) is 6.04 Å². The van der Waals surface area contributed by atoms with Gasteiger partial charge in [-0.25, -0.2) is 0 Å². The molecule has 1 heteroatoms.